The Kier molecular flexibility index (Phi) is 4.96. The van der Waals surface area contributed by atoms with Crippen molar-refractivity contribution in [2.75, 3.05) is 18.6 Å². The lowest BCUT2D eigenvalue weighted by Gasteiger charge is -2.19. The molecule has 1 aromatic rings. The van der Waals surface area contributed by atoms with E-state index in [1.165, 1.54) is 12.3 Å². The highest BCUT2D eigenvalue weighted by molar-refractivity contribution is 7.90. The zero-order chi connectivity index (χ0) is 14.7. The Labute approximate surface area is 114 Å². The van der Waals surface area contributed by atoms with Crippen molar-refractivity contribution in [1.82, 2.24) is 0 Å². The van der Waals surface area contributed by atoms with Crippen LogP contribution in [0.2, 0.25) is 0 Å². The number of hydrogen-bond donors (Lipinski definition) is 0. The molecule has 0 heterocycles. The summed E-state index contributed by atoms with van der Waals surface area (Å²) in [5.41, 5.74) is 0.781. The largest absolute Gasteiger partial charge is 0.490 e. The van der Waals surface area contributed by atoms with Gasteiger partial charge in [-0.2, -0.15) is 0 Å². The third-order valence-corrected chi connectivity index (χ3v) is 3.75. The van der Waals surface area contributed by atoms with Crippen LogP contribution in [0.15, 0.2) is 18.2 Å². The maximum atomic E-state index is 13.8. The Morgan fingerprint density at radius 1 is 1.26 bits per heavy atom. The molecule has 0 unspecified atom stereocenters. The zero-order valence-electron chi connectivity index (χ0n) is 11.9. The van der Waals surface area contributed by atoms with Crippen molar-refractivity contribution in [2.24, 2.45) is 0 Å². The molecule has 1 rings (SSSR count). The normalized spacial score (nSPS) is 12.5. The smallest absolute Gasteiger partial charge is 0.165 e. The highest BCUT2D eigenvalue weighted by Gasteiger charge is 2.16. The van der Waals surface area contributed by atoms with E-state index in [9.17, 15) is 12.8 Å². The summed E-state index contributed by atoms with van der Waals surface area (Å²) in [6, 6.07) is 4.89. The first-order chi connectivity index (χ1) is 8.59. The highest BCUT2D eigenvalue weighted by Crippen LogP contribution is 2.27. The lowest BCUT2D eigenvalue weighted by atomic mass is 9.87. The van der Waals surface area contributed by atoms with Gasteiger partial charge in [0.25, 0.3) is 0 Å². The van der Waals surface area contributed by atoms with Crippen molar-refractivity contribution in [2.45, 2.75) is 32.6 Å². The number of ether oxygens (including phenoxy) is 1. The Bertz CT molecular complexity index is 530. The average Bonchev–Trinajstić information content (AvgIpc) is 2.23. The molecule has 5 heteroatoms. The van der Waals surface area contributed by atoms with E-state index in [1.807, 2.05) is 26.8 Å². The summed E-state index contributed by atoms with van der Waals surface area (Å²) in [6.45, 7) is 6.22. The van der Waals surface area contributed by atoms with Crippen molar-refractivity contribution in [3.63, 3.8) is 0 Å². The SMILES string of the molecule is CC(C)(C)c1ccc(OCCCS(C)(=O)=O)c(F)c1. The van der Waals surface area contributed by atoms with Gasteiger partial charge in [-0.1, -0.05) is 26.8 Å². The van der Waals surface area contributed by atoms with Crippen LogP contribution in [0.25, 0.3) is 0 Å². The van der Waals surface area contributed by atoms with E-state index in [0.29, 0.717) is 6.42 Å². The molecule has 0 saturated heterocycles. The van der Waals surface area contributed by atoms with E-state index in [4.69, 9.17) is 4.74 Å². The number of halogens is 1. The van der Waals surface area contributed by atoms with Gasteiger partial charge in [0.2, 0.25) is 0 Å². The second kappa shape index (κ2) is 5.90. The molecule has 0 bridgehead atoms. The lowest BCUT2D eigenvalue weighted by Crippen LogP contribution is -2.12. The van der Waals surface area contributed by atoms with Gasteiger partial charge in [-0.15, -0.1) is 0 Å². The minimum Gasteiger partial charge on any atom is -0.490 e. The van der Waals surface area contributed by atoms with Crippen LogP contribution >= 0.6 is 0 Å². The van der Waals surface area contributed by atoms with Gasteiger partial charge < -0.3 is 4.74 Å². The van der Waals surface area contributed by atoms with Gasteiger partial charge in [0.15, 0.2) is 11.6 Å². The van der Waals surface area contributed by atoms with E-state index in [1.54, 1.807) is 6.07 Å². The van der Waals surface area contributed by atoms with E-state index < -0.39 is 15.7 Å². The van der Waals surface area contributed by atoms with Crippen LogP contribution in [0.5, 0.6) is 5.75 Å². The summed E-state index contributed by atoms with van der Waals surface area (Å²) >= 11 is 0. The van der Waals surface area contributed by atoms with Gasteiger partial charge in [-0.3, -0.25) is 0 Å². The van der Waals surface area contributed by atoms with E-state index in [0.717, 1.165) is 5.56 Å². The molecule has 108 valence electrons. The molecule has 0 radical (unpaired) electrons. The molecular formula is C14H21FO3S. The molecule has 0 saturated carbocycles. The van der Waals surface area contributed by atoms with Gasteiger partial charge in [0.05, 0.1) is 12.4 Å². The Morgan fingerprint density at radius 2 is 1.89 bits per heavy atom. The molecule has 0 amide bonds. The first-order valence-electron chi connectivity index (χ1n) is 6.20. The highest BCUT2D eigenvalue weighted by atomic mass is 32.2. The van der Waals surface area contributed by atoms with Gasteiger partial charge >= 0.3 is 0 Å². The molecule has 0 spiro atoms. The maximum Gasteiger partial charge on any atom is 0.165 e. The number of sulfone groups is 1. The van der Waals surface area contributed by atoms with Gasteiger partial charge in [-0.25, -0.2) is 12.8 Å². The van der Waals surface area contributed by atoms with Crippen molar-refractivity contribution in [1.29, 1.82) is 0 Å². The van der Waals surface area contributed by atoms with Crippen molar-refractivity contribution in [3.05, 3.63) is 29.6 Å². The minimum absolute atomic E-state index is 0.0503. The predicted octanol–water partition coefficient (Wildman–Crippen LogP) is 2.94. The molecule has 0 aliphatic rings. The summed E-state index contributed by atoms with van der Waals surface area (Å²) in [7, 11) is -2.99. The molecule has 0 atom stereocenters. The fourth-order valence-electron chi connectivity index (χ4n) is 1.59. The molecule has 19 heavy (non-hydrogen) atoms. The van der Waals surface area contributed by atoms with Gasteiger partial charge in [-0.05, 0) is 29.5 Å². The van der Waals surface area contributed by atoms with E-state index >= 15 is 0 Å². The zero-order valence-corrected chi connectivity index (χ0v) is 12.7. The third-order valence-electron chi connectivity index (χ3n) is 2.71. The number of benzene rings is 1. The van der Waals surface area contributed by atoms with Crippen LogP contribution in [0, 0.1) is 5.82 Å². The average molecular weight is 288 g/mol. The summed E-state index contributed by atoms with van der Waals surface area (Å²) < 4.78 is 40.9. The summed E-state index contributed by atoms with van der Waals surface area (Å²) in [4.78, 5) is 0. The van der Waals surface area contributed by atoms with Gasteiger partial charge in [0, 0.05) is 6.26 Å². The van der Waals surface area contributed by atoms with E-state index in [2.05, 4.69) is 0 Å². The van der Waals surface area contributed by atoms with Crippen LogP contribution in [0.3, 0.4) is 0 Å². The first kappa shape index (κ1) is 16.0. The van der Waals surface area contributed by atoms with Crippen LogP contribution < -0.4 is 4.74 Å². The Balaban J connectivity index is 2.61. The maximum absolute atomic E-state index is 13.8. The second-order valence-electron chi connectivity index (χ2n) is 5.73. The number of rotatable bonds is 5. The minimum atomic E-state index is -2.99. The second-order valence-corrected chi connectivity index (χ2v) is 7.99. The molecule has 0 fully saturated rings. The summed E-state index contributed by atoms with van der Waals surface area (Å²) in [5.74, 6) is -0.192. The van der Waals surface area contributed by atoms with Crippen molar-refractivity contribution >= 4 is 9.84 Å². The monoisotopic (exact) mass is 288 g/mol. The molecule has 0 aliphatic heterocycles. The topological polar surface area (TPSA) is 43.4 Å². The number of hydrogen-bond acceptors (Lipinski definition) is 3. The molecule has 3 nitrogen and oxygen atoms in total. The summed E-state index contributed by atoms with van der Waals surface area (Å²) in [6.07, 6.45) is 1.53. The molecule has 1 aromatic carbocycles. The van der Waals surface area contributed by atoms with Crippen LogP contribution in [-0.2, 0) is 15.3 Å². The lowest BCUT2D eigenvalue weighted by molar-refractivity contribution is 0.301. The van der Waals surface area contributed by atoms with E-state index in [-0.39, 0.29) is 23.5 Å². The molecular weight excluding hydrogens is 267 g/mol. The van der Waals surface area contributed by atoms with Crippen LogP contribution in [0.1, 0.15) is 32.8 Å². The molecule has 0 N–H and O–H groups in total. The third kappa shape index (κ3) is 5.59. The first-order valence-corrected chi connectivity index (χ1v) is 8.26. The standard InChI is InChI=1S/C14H21FO3S/c1-14(2,3)11-6-7-13(12(15)10-11)18-8-5-9-19(4,16)17/h6-7,10H,5,8-9H2,1-4H3. The predicted molar refractivity (Wildman–Crippen MR) is 74.9 cm³/mol. The van der Waals surface area contributed by atoms with Crippen molar-refractivity contribution in [3.8, 4) is 5.75 Å². The van der Waals surface area contributed by atoms with Crippen molar-refractivity contribution < 1.29 is 17.5 Å². The van der Waals surface area contributed by atoms with Crippen LogP contribution in [0.4, 0.5) is 4.39 Å². The quantitative estimate of drug-likeness (QED) is 0.782. The summed E-state index contributed by atoms with van der Waals surface area (Å²) in [5, 5.41) is 0. The van der Waals surface area contributed by atoms with Gasteiger partial charge in [0.1, 0.15) is 9.84 Å². The fraction of sp³-hybridized carbons (Fsp3) is 0.571. The fourth-order valence-corrected chi connectivity index (χ4v) is 2.23. The van der Waals surface area contributed by atoms with Crippen LogP contribution in [-0.4, -0.2) is 27.0 Å². The molecule has 0 aliphatic carbocycles. The Morgan fingerprint density at radius 3 is 2.37 bits per heavy atom. The molecule has 0 aromatic heterocycles. The Hall–Kier alpha value is -1.10.